The highest BCUT2D eigenvalue weighted by Gasteiger charge is 2.31. The minimum absolute atomic E-state index is 0.144. The molecule has 1 nitrogen and oxygen atoms in total. The highest BCUT2D eigenvalue weighted by atomic mass is 16.3. The highest BCUT2D eigenvalue weighted by molar-refractivity contribution is 5.40. The summed E-state index contributed by atoms with van der Waals surface area (Å²) in [6.07, 6.45) is 3.02. The minimum atomic E-state index is -0.144. The van der Waals surface area contributed by atoms with Gasteiger partial charge < -0.3 is 5.11 Å². The third-order valence-electron chi connectivity index (χ3n) is 3.70. The van der Waals surface area contributed by atoms with Gasteiger partial charge in [-0.3, -0.25) is 0 Å². The molecule has 3 unspecified atom stereocenters. The van der Waals surface area contributed by atoms with Gasteiger partial charge in [-0.25, -0.2) is 0 Å². The van der Waals surface area contributed by atoms with Gasteiger partial charge in [-0.05, 0) is 29.9 Å². The number of rotatable bonds is 4. The highest BCUT2D eigenvalue weighted by Crippen LogP contribution is 2.39. The van der Waals surface area contributed by atoms with Crippen LogP contribution in [0.5, 0.6) is 0 Å². The van der Waals surface area contributed by atoms with Crippen molar-refractivity contribution in [3.8, 4) is 0 Å². The van der Waals surface area contributed by atoms with E-state index in [2.05, 4.69) is 38.1 Å². The second-order valence-corrected chi connectivity index (χ2v) is 4.83. The third kappa shape index (κ3) is 2.07. The summed E-state index contributed by atoms with van der Waals surface area (Å²) < 4.78 is 0. The maximum atomic E-state index is 10.1. The average molecular weight is 204 g/mol. The Bertz CT molecular complexity index is 332. The lowest BCUT2D eigenvalue weighted by molar-refractivity contribution is 0.107. The maximum Gasteiger partial charge on any atom is 0.0614 e. The van der Waals surface area contributed by atoms with Crippen molar-refractivity contribution < 1.29 is 5.11 Å². The van der Waals surface area contributed by atoms with E-state index in [9.17, 15) is 5.11 Å². The molecule has 0 fully saturated rings. The van der Waals surface area contributed by atoms with Crippen LogP contribution >= 0.6 is 0 Å². The molecule has 0 radical (unpaired) electrons. The van der Waals surface area contributed by atoms with Crippen molar-refractivity contribution in [3.05, 3.63) is 35.4 Å². The number of aliphatic hydroxyl groups is 1. The number of fused-ring (bicyclic) bond motifs is 1. The van der Waals surface area contributed by atoms with Crippen LogP contribution in [0, 0.1) is 5.92 Å². The molecule has 0 saturated carbocycles. The van der Waals surface area contributed by atoms with Gasteiger partial charge in [0, 0.05) is 5.92 Å². The summed E-state index contributed by atoms with van der Waals surface area (Å²) in [5.74, 6) is 1.03. The topological polar surface area (TPSA) is 20.2 Å². The summed E-state index contributed by atoms with van der Waals surface area (Å²) in [4.78, 5) is 0. The Hall–Kier alpha value is -0.820. The van der Waals surface area contributed by atoms with Crippen molar-refractivity contribution in [1.29, 1.82) is 0 Å². The maximum absolute atomic E-state index is 10.1. The molecule has 0 amide bonds. The standard InChI is InChI=1S/C14H20O/c1-3-10(2)8-14(15)13-9-11-6-4-5-7-12(11)13/h4-7,10,13-15H,3,8-9H2,1-2H3. The molecule has 3 atom stereocenters. The molecular formula is C14H20O. The SMILES string of the molecule is CCC(C)CC(O)C1Cc2ccccc21. The molecule has 0 heterocycles. The molecular weight excluding hydrogens is 184 g/mol. The molecule has 0 aliphatic heterocycles. The lowest BCUT2D eigenvalue weighted by Crippen LogP contribution is -2.30. The second kappa shape index (κ2) is 4.36. The van der Waals surface area contributed by atoms with E-state index in [-0.39, 0.29) is 6.10 Å². The molecule has 0 saturated heterocycles. The fourth-order valence-electron chi connectivity index (χ4n) is 2.38. The fraction of sp³-hybridized carbons (Fsp3) is 0.571. The Morgan fingerprint density at radius 3 is 2.80 bits per heavy atom. The van der Waals surface area contributed by atoms with Crippen LogP contribution in [-0.4, -0.2) is 11.2 Å². The van der Waals surface area contributed by atoms with E-state index >= 15 is 0 Å². The minimum Gasteiger partial charge on any atom is -0.392 e. The Balaban J connectivity index is 1.98. The van der Waals surface area contributed by atoms with E-state index in [0.29, 0.717) is 11.8 Å². The normalized spacial score (nSPS) is 22.7. The molecule has 1 heteroatoms. The smallest absolute Gasteiger partial charge is 0.0614 e. The Morgan fingerprint density at radius 1 is 1.40 bits per heavy atom. The molecule has 0 spiro atoms. The van der Waals surface area contributed by atoms with Crippen molar-refractivity contribution in [1.82, 2.24) is 0 Å². The fourth-order valence-corrected chi connectivity index (χ4v) is 2.38. The van der Waals surface area contributed by atoms with Gasteiger partial charge in [0.1, 0.15) is 0 Å². The zero-order chi connectivity index (χ0) is 10.8. The van der Waals surface area contributed by atoms with Crippen LogP contribution in [-0.2, 0) is 6.42 Å². The summed E-state index contributed by atoms with van der Waals surface area (Å²) in [7, 11) is 0. The summed E-state index contributed by atoms with van der Waals surface area (Å²) >= 11 is 0. The third-order valence-corrected chi connectivity index (χ3v) is 3.70. The predicted octanol–water partition coefficient (Wildman–Crippen LogP) is 3.12. The van der Waals surface area contributed by atoms with Crippen LogP contribution in [0.4, 0.5) is 0 Å². The van der Waals surface area contributed by atoms with Crippen molar-refractivity contribution in [2.45, 2.75) is 45.1 Å². The monoisotopic (exact) mass is 204 g/mol. The summed E-state index contributed by atoms with van der Waals surface area (Å²) in [6, 6.07) is 8.47. The Kier molecular flexibility index (Phi) is 3.11. The van der Waals surface area contributed by atoms with Crippen LogP contribution < -0.4 is 0 Å². The van der Waals surface area contributed by atoms with Crippen LogP contribution in [0.15, 0.2) is 24.3 Å². The van der Waals surface area contributed by atoms with Gasteiger partial charge >= 0.3 is 0 Å². The van der Waals surface area contributed by atoms with Gasteiger partial charge in [0.25, 0.3) is 0 Å². The molecule has 1 aliphatic rings. The first-order chi connectivity index (χ1) is 7.22. The van der Waals surface area contributed by atoms with Crippen molar-refractivity contribution in [2.24, 2.45) is 5.92 Å². The van der Waals surface area contributed by atoms with Crippen LogP contribution in [0.1, 0.15) is 43.7 Å². The zero-order valence-corrected chi connectivity index (χ0v) is 9.61. The molecule has 1 aromatic rings. The first-order valence-corrected chi connectivity index (χ1v) is 5.98. The summed E-state index contributed by atoms with van der Waals surface area (Å²) in [5.41, 5.74) is 2.79. The predicted molar refractivity (Wildman–Crippen MR) is 63.0 cm³/mol. The van der Waals surface area contributed by atoms with Crippen molar-refractivity contribution in [3.63, 3.8) is 0 Å². The largest absolute Gasteiger partial charge is 0.392 e. The van der Waals surface area contributed by atoms with Gasteiger partial charge in [-0.1, -0.05) is 44.5 Å². The van der Waals surface area contributed by atoms with Crippen molar-refractivity contribution in [2.75, 3.05) is 0 Å². The molecule has 82 valence electrons. The van der Waals surface area contributed by atoms with E-state index in [4.69, 9.17) is 0 Å². The van der Waals surface area contributed by atoms with E-state index in [1.54, 1.807) is 0 Å². The number of hydrogen-bond acceptors (Lipinski definition) is 1. The summed E-state index contributed by atoms with van der Waals surface area (Å²) in [5, 5.41) is 10.1. The lowest BCUT2D eigenvalue weighted by atomic mass is 9.73. The second-order valence-electron chi connectivity index (χ2n) is 4.83. The molecule has 0 aromatic heterocycles. The van der Waals surface area contributed by atoms with E-state index in [1.807, 2.05) is 0 Å². The van der Waals surface area contributed by atoms with Gasteiger partial charge in [-0.2, -0.15) is 0 Å². The van der Waals surface area contributed by atoms with Crippen LogP contribution in [0.2, 0.25) is 0 Å². The van der Waals surface area contributed by atoms with Gasteiger partial charge in [0.15, 0.2) is 0 Å². The van der Waals surface area contributed by atoms with E-state index < -0.39 is 0 Å². The molecule has 1 N–H and O–H groups in total. The zero-order valence-electron chi connectivity index (χ0n) is 9.61. The van der Waals surface area contributed by atoms with Gasteiger partial charge in [-0.15, -0.1) is 0 Å². The van der Waals surface area contributed by atoms with Crippen LogP contribution in [0.25, 0.3) is 0 Å². The van der Waals surface area contributed by atoms with E-state index in [1.165, 1.54) is 11.1 Å². The number of hydrogen-bond donors (Lipinski definition) is 1. The first kappa shape index (κ1) is 10.7. The van der Waals surface area contributed by atoms with Crippen LogP contribution in [0.3, 0.4) is 0 Å². The molecule has 15 heavy (non-hydrogen) atoms. The Labute approximate surface area is 92.1 Å². The lowest BCUT2D eigenvalue weighted by Gasteiger charge is -2.34. The van der Waals surface area contributed by atoms with Gasteiger partial charge in [0.05, 0.1) is 6.10 Å². The average Bonchev–Trinajstić information content (AvgIpc) is 2.19. The molecule has 1 aliphatic carbocycles. The number of benzene rings is 1. The molecule has 0 bridgehead atoms. The van der Waals surface area contributed by atoms with Crippen molar-refractivity contribution >= 4 is 0 Å². The molecule has 1 aromatic carbocycles. The molecule has 2 rings (SSSR count). The Morgan fingerprint density at radius 2 is 2.13 bits per heavy atom. The number of aliphatic hydroxyl groups excluding tert-OH is 1. The quantitative estimate of drug-likeness (QED) is 0.799. The first-order valence-electron chi connectivity index (χ1n) is 5.98. The van der Waals surface area contributed by atoms with E-state index in [0.717, 1.165) is 19.3 Å². The summed E-state index contributed by atoms with van der Waals surface area (Å²) in [6.45, 7) is 4.40. The van der Waals surface area contributed by atoms with Gasteiger partial charge in [0.2, 0.25) is 0 Å².